The molecule has 35 heavy (non-hydrogen) atoms. The van der Waals surface area contributed by atoms with Crippen LogP contribution in [0.25, 0.3) is 22.1 Å². The van der Waals surface area contributed by atoms with Gasteiger partial charge in [-0.1, -0.05) is 24.3 Å². The Balaban J connectivity index is 1.39. The summed E-state index contributed by atoms with van der Waals surface area (Å²) in [4.78, 5) is 14.9. The van der Waals surface area contributed by atoms with Gasteiger partial charge in [0.15, 0.2) is 0 Å². The van der Waals surface area contributed by atoms with Crippen molar-refractivity contribution in [2.45, 2.75) is 33.4 Å². The third-order valence-electron chi connectivity index (χ3n) is 6.66. The molecule has 0 spiro atoms. The van der Waals surface area contributed by atoms with Gasteiger partial charge in [0.05, 0.1) is 35.3 Å². The Labute approximate surface area is 207 Å². The van der Waals surface area contributed by atoms with Gasteiger partial charge in [0.2, 0.25) is 11.9 Å². The first-order valence-corrected chi connectivity index (χ1v) is 12.9. The largest absolute Gasteiger partial charge is 0.380 e. The SMILES string of the molecule is CCOCCn1c(N2CCCN(c3nc4ccccc4n3CCOCC)CC2)nc2ccccc21. The van der Waals surface area contributed by atoms with Crippen LogP contribution in [0.15, 0.2) is 48.5 Å². The van der Waals surface area contributed by atoms with E-state index in [2.05, 4.69) is 67.5 Å². The number of rotatable bonds is 10. The van der Waals surface area contributed by atoms with E-state index in [9.17, 15) is 0 Å². The van der Waals surface area contributed by atoms with E-state index in [1.54, 1.807) is 0 Å². The lowest BCUT2D eigenvalue weighted by atomic mass is 10.3. The molecule has 0 atom stereocenters. The molecule has 0 N–H and O–H groups in total. The van der Waals surface area contributed by atoms with E-state index in [4.69, 9.17) is 19.4 Å². The summed E-state index contributed by atoms with van der Waals surface area (Å²) in [6.45, 7) is 12.2. The molecule has 8 heteroatoms. The smallest absolute Gasteiger partial charge is 0.206 e. The molecule has 1 fully saturated rings. The van der Waals surface area contributed by atoms with Gasteiger partial charge >= 0.3 is 0 Å². The number of imidazole rings is 2. The van der Waals surface area contributed by atoms with Crippen LogP contribution in [0, 0.1) is 0 Å². The Morgan fingerprint density at radius 1 is 0.657 bits per heavy atom. The average molecular weight is 477 g/mol. The van der Waals surface area contributed by atoms with Crippen LogP contribution in [0.4, 0.5) is 11.9 Å². The fraction of sp³-hybridized carbons (Fsp3) is 0.481. The third-order valence-corrected chi connectivity index (χ3v) is 6.66. The minimum atomic E-state index is 0.688. The van der Waals surface area contributed by atoms with Crippen LogP contribution < -0.4 is 9.80 Å². The van der Waals surface area contributed by atoms with Crippen molar-refractivity contribution in [3.05, 3.63) is 48.5 Å². The molecule has 0 unspecified atom stereocenters. The second-order valence-electron chi connectivity index (χ2n) is 8.83. The number of aromatic nitrogens is 4. The van der Waals surface area contributed by atoms with Crippen LogP contribution in [0.2, 0.25) is 0 Å². The van der Waals surface area contributed by atoms with E-state index in [1.165, 1.54) is 11.0 Å². The molecule has 0 radical (unpaired) electrons. The van der Waals surface area contributed by atoms with Gasteiger partial charge in [0.1, 0.15) is 0 Å². The van der Waals surface area contributed by atoms with Crippen molar-refractivity contribution < 1.29 is 9.47 Å². The Hall–Kier alpha value is -3.10. The number of hydrogen-bond donors (Lipinski definition) is 0. The molecule has 3 heterocycles. The number of anilines is 2. The van der Waals surface area contributed by atoms with Gasteiger partial charge in [-0.25, -0.2) is 9.97 Å². The summed E-state index contributed by atoms with van der Waals surface area (Å²) in [5.74, 6) is 2.08. The lowest BCUT2D eigenvalue weighted by molar-refractivity contribution is 0.140. The average Bonchev–Trinajstić information content (AvgIpc) is 3.33. The Morgan fingerprint density at radius 3 is 1.57 bits per heavy atom. The van der Waals surface area contributed by atoms with Crippen LogP contribution in [0.1, 0.15) is 20.3 Å². The van der Waals surface area contributed by atoms with Crippen molar-refractivity contribution >= 4 is 34.0 Å². The highest BCUT2D eigenvalue weighted by Crippen LogP contribution is 2.27. The molecule has 1 saturated heterocycles. The van der Waals surface area contributed by atoms with Gasteiger partial charge in [0, 0.05) is 52.5 Å². The molecule has 4 aromatic rings. The first-order valence-electron chi connectivity index (χ1n) is 12.9. The molecule has 186 valence electrons. The van der Waals surface area contributed by atoms with Crippen molar-refractivity contribution in [2.24, 2.45) is 0 Å². The number of hydrogen-bond acceptors (Lipinski definition) is 6. The van der Waals surface area contributed by atoms with Crippen molar-refractivity contribution in [3.63, 3.8) is 0 Å². The van der Waals surface area contributed by atoms with E-state index in [-0.39, 0.29) is 0 Å². The van der Waals surface area contributed by atoms with Crippen LogP contribution in [-0.2, 0) is 22.6 Å². The molecule has 2 aromatic heterocycles. The minimum absolute atomic E-state index is 0.688. The Morgan fingerprint density at radius 2 is 1.11 bits per heavy atom. The van der Waals surface area contributed by atoms with Crippen LogP contribution in [0.5, 0.6) is 0 Å². The normalized spacial score (nSPS) is 14.8. The number of para-hydroxylation sites is 4. The zero-order chi connectivity index (χ0) is 24.0. The van der Waals surface area contributed by atoms with Crippen molar-refractivity contribution in [3.8, 4) is 0 Å². The van der Waals surface area contributed by atoms with E-state index in [0.29, 0.717) is 13.2 Å². The zero-order valence-electron chi connectivity index (χ0n) is 20.9. The molecule has 1 aliphatic heterocycles. The standard InChI is InChI=1S/C27H36N6O2/c1-3-34-20-18-32-24-12-7-5-10-22(24)28-26(32)30-14-9-15-31(17-16-30)27-29-23-11-6-8-13-25(23)33(27)19-21-35-4-2/h5-8,10-13H,3-4,9,14-21H2,1-2H3. The number of benzene rings is 2. The summed E-state index contributed by atoms with van der Waals surface area (Å²) >= 11 is 0. The summed E-state index contributed by atoms with van der Waals surface area (Å²) in [5.41, 5.74) is 4.41. The molecule has 8 nitrogen and oxygen atoms in total. The monoisotopic (exact) mass is 476 g/mol. The maximum atomic E-state index is 5.68. The topological polar surface area (TPSA) is 60.6 Å². The van der Waals surface area contributed by atoms with E-state index < -0.39 is 0 Å². The lowest BCUT2D eigenvalue weighted by Gasteiger charge is -2.25. The molecule has 1 aliphatic rings. The number of ether oxygens (including phenoxy) is 2. The fourth-order valence-corrected chi connectivity index (χ4v) is 4.97. The minimum Gasteiger partial charge on any atom is -0.380 e. The van der Waals surface area contributed by atoms with Gasteiger partial charge in [-0.2, -0.15) is 0 Å². The molecule has 2 aromatic carbocycles. The van der Waals surface area contributed by atoms with Gasteiger partial charge in [-0.05, 0) is 44.5 Å². The predicted molar refractivity (Wildman–Crippen MR) is 141 cm³/mol. The van der Waals surface area contributed by atoms with Gasteiger partial charge in [-0.3, -0.25) is 0 Å². The van der Waals surface area contributed by atoms with E-state index in [0.717, 1.165) is 81.8 Å². The Bertz CT molecular complexity index is 1150. The highest BCUT2D eigenvalue weighted by atomic mass is 16.5. The van der Waals surface area contributed by atoms with E-state index in [1.807, 2.05) is 13.8 Å². The number of fused-ring (bicyclic) bond motifs is 2. The van der Waals surface area contributed by atoms with Crippen LogP contribution in [0.3, 0.4) is 0 Å². The van der Waals surface area contributed by atoms with Crippen LogP contribution in [-0.4, -0.2) is 71.7 Å². The summed E-state index contributed by atoms with van der Waals surface area (Å²) < 4.78 is 16.0. The summed E-state index contributed by atoms with van der Waals surface area (Å²) in [6, 6.07) is 16.8. The molecule has 0 amide bonds. The lowest BCUT2D eigenvalue weighted by Crippen LogP contribution is -2.33. The summed E-state index contributed by atoms with van der Waals surface area (Å²) in [7, 11) is 0. The van der Waals surface area contributed by atoms with Gasteiger partial charge in [0.25, 0.3) is 0 Å². The molecule has 5 rings (SSSR count). The second-order valence-corrected chi connectivity index (χ2v) is 8.83. The highest BCUT2D eigenvalue weighted by Gasteiger charge is 2.24. The van der Waals surface area contributed by atoms with Crippen LogP contribution >= 0.6 is 0 Å². The maximum absolute atomic E-state index is 5.68. The molecule has 0 aliphatic carbocycles. The fourth-order valence-electron chi connectivity index (χ4n) is 4.97. The molecular weight excluding hydrogens is 440 g/mol. The molecule has 0 saturated carbocycles. The molecular formula is C27H36N6O2. The number of nitrogens with zero attached hydrogens (tertiary/aromatic N) is 6. The van der Waals surface area contributed by atoms with E-state index >= 15 is 0 Å². The first kappa shape index (κ1) is 23.6. The maximum Gasteiger partial charge on any atom is 0.206 e. The third kappa shape index (κ3) is 4.99. The van der Waals surface area contributed by atoms with Crippen molar-refractivity contribution in [1.82, 2.24) is 19.1 Å². The Kier molecular flexibility index (Phi) is 7.49. The van der Waals surface area contributed by atoms with Gasteiger partial charge < -0.3 is 28.4 Å². The predicted octanol–water partition coefficient (Wildman–Crippen LogP) is 4.18. The zero-order valence-corrected chi connectivity index (χ0v) is 20.9. The molecule has 0 bridgehead atoms. The highest BCUT2D eigenvalue weighted by molar-refractivity contribution is 5.80. The van der Waals surface area contributed by atoms with Crippen molar-refractivity contribution in [1.29, 1.82) is 0 Å². The quantitative estimate of drug-likeness (QED) is 0.320. The van der Waals surface area contributed by atoms with Gasteiger partial charge in [-0.15, -0.1) is 0 Å². The van der Waals surface area contributed by atoms with Crippen molar-refractivity contribution in [2.75, 3.05) is 62.4 Å². The second kappa shape index (κ2) is 11.1. The summed E-state index contributed by atoms with van der Waals surface area (Å²) in [5, 5.41) is 0. The summed E-state index contributed by atoms with van der Waals surface area (Å²) in [6.07, 6.45) is 1.04. The first-order chi connectivity index (χ1) is 17.3.